The summed E-state index contributed by atoms with van der Waals surface area (Å²) >= 11 is 1.46. The second-order valence-electron chi connectivity index (χ2n) is 6.44. The van der Waals surface area contributed by atoms with E-state index in [9.17, 15) is 0 Å². The predicted octanol–water partition coefficient (Wildman–Crippen LogP) is 4.23. The van der Waals surface area contributed by atoms with Gasteiger partial charge >= 0.3 is 0 Å². The Labute approximate surface area is 175 Å². The van der Waals surface area contributed by atoms with E-state index in [0.717, 1.165) is 16.5 Å². The zero-order chi connectivity index (χ0) is 20.3. The second kappa shape index (κ2) is 7.99. The Balaban J connectivity index is 1.33. The van der Waals surface area contributed by atoms with Crippen LogP contribution in [-0.2, 0) is 12.3 Å². The Kier molecular flexibility index (Phi) is 4.89. The van der Waals surface area contributed by atoms with Crippen LogP contribution in [0.15, 0.2) is 73.6 Å². The van der Waals surface area contributed by atoms with Gasteiger partial charge in [-0.3, -0.25) is 0 Å². The molecule has 150 valence electrons. The smallest absolute Gasteiger partial charge is 0.253 e. The van der Waals surface area contributed by atoms with Crippen LogP contribution in [0.2, 0.25) is 0 Å². The van der Waals surface area contributed by atoms with Crippen LogP contribution >= 0.6 is 11.8 Å². The molecule has 30 heavy (non-hydrogen) atoms. The molecule has 1 aromatic carbocycles. The molecule has 0 radical (unpaired) electrons. The molecule has 0 fully saturated rings. The highest BCUT2D eigenvalue weighted by molar-refractivity contribution is 7.98. The molecule has 0 N–H and O–H groups in total. The van der Waals surface area contributed by atoms with Gasteiger partial charge in [0.15, 0.2) is 5.16 Å². The summed E-state index contributed by atoms with van der Waals surface area (Å²) < 4.78 is 18.6. The van der Waals surface area contributed by atoms with E-state index in [1.54, 1.807) is 12.6 Å². The van der Waals surface area contributed by atoms with Gasteiger partial charge in [0.05, 0.1) is 18.6 Å². The molecule has 0 aliphatic carbocycles. The summed E-state index contributed by atoms with van der Waals surface area (Å²) in [6.07, 6.45) is 3.31. The summed E-state index contributed by atoms with van der Waals surface area (Å²) in [5.74, 6) is 2.75. The number of benzene rings is 1. The molecule has 0 saturated carbocycles. The summed E-state index contributed by atoms with van der Waals surface area (Å²) in [5, 5.41) is 21.4. The van der Waals surface area contributed by atoms with Crippen LogP contribution in [-0.4, -0.2) is 30.1 Å². The lowest BCUT2D eigenvalue weighted by atomic mass is 10.1. The Bertz CT molecular complexity index is 1240. The molecular formula is C20H16N6O3S. The summed E-state index contributed by atoms with van der Waals surface area (Å²) in [6, 6.07) is 13.5. The van der Waals surface area contributed by atoms with Gasteiger partial charge in [-0.25, -0.2) is 0 Å². The SMILES string of the molecule is Cc1onc(-c2ccccc2)c1-c1nnc(CSc2nncn2Cc2ccco2)o1. The van der Waals surface area contributed by atoms with Crippen molar-refractivity contribution >= 4 is 11.8 Å². The van der Waals surface area contributed by atoms with Crippen molar-refractivity contribution in [1.29, 1.82) is 0 Å². The lowest BCUT2D eigenvalue weighted by Crippen LogP contribution is -1.99. The van der Waals surface area contributed by atoms with Crippen molar-refractivity contribution in [2.24, 2.45) is 0 Å². The molecule has 0 aliphatic rings. The first-order valence-electron chi connectivity index (χ1n) is 9.15. The molecular weight excluding hydrogens is 404 g/mol. The third kappa shape index (κ3) is 3.64. The minimum Gasteiger partial charge on any atom is -0.467 e. The molecule has 9 nitrogen and oxygen atoms in total. The van der Waals surface area contributed by atoms with Crippen molar-refractivity contribution in [3.05, 3.63) is 72.5 Å². The summed E-state index contributed by atoms with van der Waals surface area (Å²) in [7, 11) is 0. The van der Waals surface area contributed by atoms with Crippen molar-refractivity contribution in [3.63, 3.8) is 0 Å². The van der Waals surface area contributed by atoms with Crippen LogP contribution in [0, 0.1) is 6.92 Å². The molecule has 0 amide bonds. The Hall–Kier alpha value is -3.66. The molecule has 10 heteroatoms. The zero-order valence-electron chi connectivity index (χ0n) is 15.9. The maximum atomic E-state index is 5.90. The van der Waals surface area contributed by atoms with E-state index in [4.69, 9.17) is 13.4 Å². The second-order valence-corrected chi connectivity index (χ2v) is 7.38. The molecule has 5 aromatic rings. The highest BCUT2D eigenvalue weighted by Crippen LogP contribution is 2.34. The van der Waals surface area contributed by atoms with Gasteiger partial charge in [-0.2, -0.15) is 0 Å². The normalized spacial score (nSPS) is 11.2. The van der Waals surface area contributed by atoms with Gasteiger partial charge in [0.2, 0.25) is 5.89 Å². The van der Waals surface area contributed by atoms with E-state index in [1.165, 1.54) is 11.8 Å². The van der Waals surface area contributed by atoms with Gasteiger partial charge in [-0.1, -0.05) is 47.3 Å². The maximum absolute atomic E-state index is 5.90. The summed E-state index contributed by atoms with van der Waals surface area (Å²) in [5.41, 5.74) is 2.30. The van der Waals surface area contributed by atoms with Crippen molar-refractivity contribution in [1.82, 2.24) is 30.1 Å². The van der Waals surface area contributed by atoms with E-state index in [-0.39, 0.29) is 0 Å². The van der Waals surface area contributed by atoms with Crippen LogP contribution in [0.25, 0.3) is 22.7 Å². The van der Waals surface area contributed by atoms with Crippen LogP contribution in [0.3, 0.4) is 0 Å². The van der Waals surface area contributed by atoms with Crippen molar-refractivity contribution in [2.75, 3.05) is 0 Å². The number of furan rings is 1. The van der Waals surface area contributed by atoms with E-state index >= 15 is 0 Å². The molecule has 0 atom stereocenters. The topological polar surface area (TPSA) is 109 Å². The molecule has 0 aliphatic heterocycles. The number of hydrogen-bond acceptors (Lipinski definition) is 9. The first-order valence-corrected chi connectivity index (χ1v) is 10.1. The molecule has 4 heterocycles. The summed E-state index contributed by atoms with van der Waals surface area (Å²) in [4.78, 5) is 0. The quantitative estimate of drug-likeness (QED) is 0.357. The molecule has 0 spiro atoms. The zero-order valence-corrected chi connectivity index (χ0v) is 16.7. The number of thioether (sulfide) groups is 1. The monoisotopic (exact) mass is 420 g/mol. The van der Waals surface area contributed by atoms with Crippen molar-refractivity contribution in [3.8, 4) is 22.7 Å². The van der Waals surface area contributed by atoms with E-state index in [0.29, 0.717) is 41.1 Å². The third-order valence-corrected chi connectivity index (χ3v) is 5.37. The van der Waals surface area contributed by atoms with E-state index in [2.05, 4.69) is 25.6 Å². The van der Waals surface area contributed by atoms with Crippen molar-refractivity contribution in [2.45, 2.75) is 24.4 Å². The van der Waals surface area contributed by atoms with Gasteiger partial charge in [0.25, 0.3) is 5.89 Å². The van der Waals surface area contributed by atoms with Gasteiger partial charge in [-0.05, 0) is 19.1 Å². The first kappa shape index (κ1) is 18.4. The van der Waals surface area contributed by atoms with E-state index in [1.807, 2.05) is 54.0 Å². The van der Waals surface area contributed by atoms with Crippen LogP contribution in [0.4, 0.5) is 0 Å². The minimum atomic E-state index is 0.375. The number of aryl methyl sites for hydroxylation is 1. The fraction of sp³-hybridized carbons (Fsp3) is 0.150. The van der Waals surface area contributed by atoms with Gasteiger partial charge in [-0.15, -0.1) is 20.4 Å². The first-order chi connectivity index (χ1) is 14.8. The minimum absolute atomic E-state index is 0.375. The van der Waals surface area contributed by atoms with Crippen molar-refractivity contribution < 1.29 is 13.4 Å². The van der Waals surface area contributed by atoms with Crippen LogP contribution in [0.5, 0.6) is 0 Å². The molecule has 5 rings (SSSR count). The number of aromatic nitrogens is 6. The Morgan fingerprint density at radius 2 is 1.93 bits per heavy atom. The molecule has 4 aromatic heterocycles. The van der Waals surface area contributed by atoms with Crippen LogP contribution < -0.4 is 0 Å². The largest absolute Gasteiger partial charge is 0.467 e. The fourth-order valence-corrected chi connectivity index (χ4v) is 3.74. The average Bonchev–Trinajstić information content (AvgIpc) is 3.56. The Morgan fingerprint density at radius 1 is 1.03 bits per heavy atom. The van der Waals surface area contributed by atoms with E-state index < -0.39 is 0 Å². The fourth-order valence-electron chi connectivity index (χ4n) is 2.99. The van der Waals surface area contributed by atoms with Gasteiger partial charge in [0, 0.05) is 5.56 Å². The Morgan fingerprint density at radius 3 is 2.77 bits per heavy atom. The van der Waals surface area contributed by atoms with Gasteiger partial charge < -0.3 is 17.9 Å². The molecule has 0 saturated heterocycles. The number of rotatable bonds is 7. The maximum Gasteiger partial charge on any atom is 0.253 e. The standard InChI is InChI=1S/C20H16N6O3S/c1-13-17(18(25-29-13)14-6-3-2-4-7-14)19-23-22-16(28-19)11-30-20-24-21-12-26(20)10-15-8-5-9-27-15/h2-9,12H,10-11H2,1H3. The number of hydrogen-bond donors (Lipinski definition) is 0. The lowest BCUT2D eigenvalue weighted by molar-refractivity contribution is 0.399. The lowest BCUT2D eigenvalue weighted by Gasteiger charge is -2.02. The predicted molar refractivity (Wildman–Crippen MR) is 107 cm³/mol. The summed E-state index contributed by atoms with van der Waals surface area (Å²) in [6.45, 7) is 2.38. The average molecular weight is 420 g/mol. The van der Waals surface area contributed by atoms with Crippen LogP contribution in [0.1, 0.15) is 17.4 Å². The highest BCUT2D eigenvalue weighted by atomic mass is 32.2. The molecule has 0 unspecified atom stereocenters. The van der Waals surface area contributed by atoms with Gasteiger partial charge in [0.1, 0.15) is 29.1 Å². The third-order valence-electron chi connectivity index (χ3n) is 4.40. The highest BCUT2D eigenvalue weighted by Gasteiger charge is 2.22. The molecule has 0 bridgehead atoms. The number of nitrogens with zero attached hydrogens (tertiary/aromatic N) is 6.